The van der Waals surface area contributed by atoms with E-state index in [1.54, 1.807) is 0 Å². The highest BCUT2D eigenvalue weighted by Gasteiger charge is 2.11. The van der Waals surface area contributed by atoms with Crippen molar-refractivity contribution in [2.24, 2.45) is 0 Å². The molecule has 0 aliphatic carbocycles. The van der Waals surface area contributed by atoms with Gasteiger partial charge in [0.1, 0.15) is 0 Å². The zero-order valence-electron chi connectivity index (χ0n) is 9.50. The fourth-order valence-electron chi connectivity index (χ4n) is 2.23. The van der Waals surface area contributed by atoms with Gasteiger partial charge in [0, 0.05) is 12.2 Å². The molecule has 0 spiro atoms. The molecule has 0 aromatic heterocycles. The summed E-state index contributed by atoms with van der Waals surface area (Å²) in [6.07, 6.45) is 3.82. The SMILES string of the molecule is Cc1ccc(CCN2CCCC2)c(N)c1. The summed E-state index contributed by atoms with van der Waals surface area (Å²) in [4.78, 5) is 2.53. The predicted molar refractivity (Wildman–Crippen MR) is 65.0 cm³/mol. The lowest BCUT2D eigenvalue weighted by Gasteiger charge is -2.15. The molecule has 2 rings (SSSR count). The van der Waals surface area contributed by atoms with E-state index in [2.05, 4.69) is 30.0 Å². The highest BCUT2D eigenvalue weighted by Crippen LogP contribution is 2.16. The monoisotopic (exact) mass is 204 g/mol. The lowest BCUT2D eigenvalue weighted by atomic mass is 10.1. The molecule has 1 aromatic carbocycles. The van der Waals surface area contributed by atoms with Crippen molar-refractivity contribution in [1.29, 1.82) is 0 Å². The highest BCUT2D eigenvalue weighted by molar-refractivity contribution is 5.49. The van der Waals surface area contributed by atoms with E-state index in [-0.39, 0.29) is 0 Å². The van der Waals surface area contributed by atoms with Crippen molar-refractivity contribution < 1.29 is 0 Å². The lowest BCUT2D eigenvalue weighted by molar-refractivity contribution is 0.343. The van der Waals surface area contributed by atoms with Crippen LogP contribution in [0, 0.1) is 6.92 Å². The van der Waals surface area contributed by atoms with Crippen LogP contribution < -0.4 is 5.73 Å². The summed E-state index contributed by atoms with van der Waals surface area (Å²) in [5.41, 5.74) is 9.49. The number of hydrogen-bond acceptors (Lipinski definition) is 2. The Bertz CT molecular complexity index is 327. The minimum atomic E-state index is 0.953. The maximum Gasteiger partial charge on any atom is 0.0349 e. The van der Waals surface area contributed by atoms with Gasteiger partial charge in [-0.15, -0.1) is 0 Å². The molecule has 1 aliphatic rings. The second-order valence-electron chi connectivity index (χ2n) is 4.50. The van der Waals surface area contributed by atoms with Crippen LogP contribution in [-0.2, 0) is 6.42 Å². The summed E-state index contributed by atoms with van der Waals surface area (Å²) in [5.74, 6) is 0. The Morgan fingerprint density at radius 2 is 2.00 bits per heavy atom. The van der Waals surface area contributed by atoms with E-state index in [0.29, 0.717) is 0 Å². The Hall–Kier alpha value is -1.02. The first-order valence-corrected chi connectivity index (χ1v) is 5.83. The van der Waals surface area contributed by atoms with Crippen molar-refractivity contribution in [2.75, 3.05) is 25.4 Å². The Balaban J connectivity index is 1.92. The van der Waals surface area contributed by atoms with Crippen molar-refractivity contribution in [1.82, 2.24) is 4.90 Å². The van der Waals surface area contributed by atoms with E-state index in [4.69, 9.17) is 5.73 Å². The molecule has 82 valence electrons. The first-order valence-electron chi connectivity index (χ1n) is 5.83. The maximum atomic E-state index is 5.99. The third-order valence-electron chi connectivity index (χ3n) is 3.20. The van der Waals surface area contributed by atoms with E-state index < -0.39 is 0 Å². The van der Waals surface area contributed by atoms with Gasteiger partial charge < -0.3 is 10.6 Å². The average Bonchev–Trinajstić information content (AvgIpc) is 2.69. The zero-order chi connectivity index (χ0) is 10.7. The molecule has 0 unspecified atom stereocenters. The molecule has 1 fully saturated rings. The fourth-order valence-corrected chi connectivity index (χ4v) is 2.23. The first-order chi connectivity index (χ1) is 7.25. The smallest absolute Gasteiger partial charge is 0.0349 e. The normalized spacial score (nSPS) is 17.1. The molecule has 0 bridgehead atoms. The minimum Gasteiger partial charge on any atom is -0.398 e. The molecule has 0 atom stereocenters. The van der Waals surface area contributed by atoms with Crippen molar-refractivity contribution >= 4 is 5.69 Å². The van der Waals surface area contributed by atoms with Gasteiger partial charge in [0.25, 0.3) is 0 Å². The van der Waals surface area contributed by atoms with Crippen LogP contribution >= 0.6 is 0 Å². The van der Waals surface area contributed by atoms with E-state index in [0.717, 1.165) is 18.7 Å². The standard InChI is InChI=1S/C13H20N2/c1-11-4-5-12(13(14)10-11)6-9-15-7-2-3-8-15/h4-5,10H,2-3,6-9,14H2,1H3. The molecule has 0 radical (unpaired) electrons. The van der Waals surface area contributed by atoms with Gasteiger partial charge in [-0.2, -0.15) is 0 Å². The van der Waals surface area contributed by atoms with Gasteiger partial charge in [-0.3, -0.25) is 0 Å². The van der Waals surface area contributed by atoms with Gasteiger partial charge in [0.2, 0.25) is 0 Å². The summed E-state index contributed by atoms with van der Waals surface area (Å²) in [5, 5.41) is 0. The first kappa shape index (κ1) is 10.5. The molecule has 15 heavy (non-hydrogen) atoms. The molecule has 1 aromatic rings. The number of anilines is 1. The number of rotatable bonds is 3. The molecule has 1 aliphatic heterocycles. The van der Waals surface area contributed by atoms with Crippen LogP contribution in [0.2, 0.25) is 0 Å². The van der Waals surface area contributed by atoms with Gasteiger partial charge in [-0.1, -0.05) is 12.1 Å². The van der Waals surface area contributed by atoms with E-state index in [1.807, 2.05) is 0 Å². The predicted octanol–water partition coefficient (Wildman–Crippen LogP) is 2.22. The van der Waals surface area contributed by atoms with Gasteiger partial charge in [0.15, 0.2) is 0 Å². The molecule has 2 nitrogen and oxygen atoms in total. The Morgan fingerprint density at radius 3 is 2.67 bits per heavy atom. The minimum absolute atomic E-state index is 0.953. The fraction of sp³-hybridized carbons (Fsp3) is 0.538. The van der Waals surface area contributed by atoms with Crippen molar-refractivity contribution in [3.8, 4) is 0 Å². The van der Waals surface area contributed by atoms with Crippen LogP contribution in [-0.4, -0.2) is 24.5 Å². The van der Waals surface area contributed by atoms with E-state index >= 15 is 0 Å². The number of nitrogen functional groups attached to an aromatic ring is 1. The van der Waals surface area contributed by atoms with E-state index in [1.165, 1.54) is 37.1 Å². The topological polar surface area (TPSA) is 29.3 Å². The quantitative estimate of drug-likeness (QED) is 0.765. The van der Waals surface area contributed by atoms with Gasteiger partial charge in [-0.05, 0) is 56.5 Å². The Kier molecular flexibility index (Phi) is 3.27. The van der Waals surface area contributed by atoms with Crippen LogP contribution in [0.25, 0.3) is 0 Å². The second kappa shape index (κ2) is 4.67. The Morgan fingerprint density at radius 1 is 1.27 bits per heavy atom. The third kappa shape index (κ3) is 2.72. The van der Waals surface area contributed by atoms with Crippen molar-refractivity contribution in [3.63, 3.8) is 0 Å². The molecule has 2 heteroatoms. The summed E-state index contributed by atoms with van der Waals surface area (Å²) < 4.78 is 0. The second-order valence-corrected chi connectivity index (χ2v) is 4.50. The lowest BCUT2D eigenvalue weighted by Crippen LogP contribution is -2.22. The summed E-state index contributed by atoms with van der Waals surface area (Å²) in [6.45, 7) is 5.78. The molecule has 1 heterocycles. The van der Waals surface area contributed by atoms with Crippen LogP contribution in [0.4, 0.5) is 5.69 Å². The number of aryl methyl sites for hydroxylation is 1. The largest absolute Gasteiger partial charge is 0.398 e. The molecular weight excluding hydrogens is 184 g/mol. The molecule has 1 saturated heterocycles. The van der Waals surface area contributed by atoms with Crippen LogP contribution in [0.1, 0.15) is 24.0 Å². The number of benzene rings is 1. The summed E-state index contributed by atoms with van der Waals surface area (Å²) in [7, 11) is 0. The zero-order valence-corrected chi connectivity index (χ0v) is 9.50. The summed E-state index contributed by atoms with van der Waals surface area (Å²) in [6, 6.07) is 6.38. The molecule has 0 amide bonds. The molecular formula is C13H20N2. The molecule has 0 saturated carbocycles. The van der Waals surface area contributed by atoms with Crippen LogP contribution in [0.5, 0.6) is 0 Å². The number of likely N-dealkylation sites (tertiary alicyclic amines) is 1. The number of nitrogens with zero attached hydrogens (tertiary/aromatic N) is 1. The summed E-state index contributed by atoms with van der Waals surface area (Å²) >= 11 is 0. The number of nitrogens with two attached hydrogens (primary N) is 1. The Labute approximate surface area is 92.1 Å². The van der Waals surface area contributed by atoms with Crippen LogP contribution in [0.3, 0.4) is 0 Å². The van der Waals surface area contributed by atoms with E-state index in [9.17, 15) is 0 Å². The third-order valence-corrected chi connectivity index (χ3v) is 3.20. The number of hydrogen-bond donors (Lipinski definition) is 1. The maximum absolute atomic E-state index is 5.99. The van der Waals surface area contributed by atoms with Gasteiger partial charge >= 0.3 is 0 Å². The van der Waals surface area contributed by atoms with Crippen molar-refractivity contribution in [2.45, 2.75) is 26.2 Å². The van der Waals surface area contributed by atoms with Crippen LogP contribution in [0.15, 0.2) is 18.2 Å². The van der Waals surface area contributed by atoms with Crippen molar-refractivity contribution in [3.05, 3.63) is 29.3 Å². The molecule has 2 N–H and O–H groups in total. The van der Waals surface area contributed by atoms with Gasteiger partial charge in [-0.25, -0.2) is 0 Å². The highest BCUT2D eigenvalue weighted by atomic mass is 15.1. The van der Waals surface area contributed by atoms with Gasteiger partial charge in [0.05, 0.1) is 0 Å². The average molecular weight is 204 g/mol.